The van der Waals surface area contributed by atoms with Gasteiger partial charge in [0.1, 0.15) is 24.8 Å². The maximum absolute atomic E-state index is 14.0. The number of nitrogens with zero attached hydrogens (tertiary/aromatic N) is 4. The molecule has 0 spiro atoms. The van der Waals surface area contributed by atoms with E-state index in [0.29, 0.717) is 28.2 Å². The summed E-state index contributed by atoms with van der Waals surface area (Å²) in [7, 11) is -4.20. The number of sulfonamides is 1. The molecular formula is C25H23F2N5O4S. The number of halogens is 2. The Morgan fingerprint density at radius 2 is 1.81 bits per heavy atom. The summed E-state index contributed by atoms with van der Waals surface area (Å²) in [4.78, 5) is 8.56. The first-order valence-electron chi connectivity index (χ1n) is 11.3. The second kappa shape index (κ2) is 9.20. The molecule has 0 radical (unpaired) electrons. The van der Waals surface area contributed by atoms with Crippen molar-refractivity contribution in [1.29, 1.82) is 0 Å². The lowest BCUT2D eigenvalue weighted by atomic mass is 10.1. The third-order valence-electron chi connectivity index (χ3n) is 5.88. The van der Waals surface area contributed by atoms with Crippen LogP contribution >= 0.6 is 0 Å². The summed E-state index contributed by atoms with van der Waals surface area (Å²) in [6.07, 6.45) is 0. The van der Waals surface area contributed by atoms with Crippen LogP contribution in [0.25, 0.3) is 11.4 Å². The maximum Gasteiger partial charge on any atom is 0.264 e. The van der Waals surface area contributed by atoms with Crippen LogP contribution in [-0.4, -0.2) is 28.6 Å². The SMILES string of the molecule is CC(C)(O)c1nc(-c2cccc3c2N(S(=O)(=O)c2ccc(CF)cc2)Cc2ccc(CF)nc2N3)no1. The molecule has 0 aliphatic carbocycles. The van der Waals surface area contributed by atoms with Crippen molar-refractivity contribution >= 4 is 27.2 Å². The van der Waals surface area contributed by atoms with Crippen LogP contribution in [0.15, 0.2) is 64.0 Å². The van der Waals surface area contributed by atoms with Gasteiger partial charge in [0.05, 0.1) is 28.5 Å². The number of benzene rings is 2. The van der Waals surface area contributed by atoms with Crippen LogP contribution in [0.3, 0.4) is 0 Å². The number of anilines is 3. The summed E-state index contributed by atoms with van der Waals surface area (Å²) >= 11 is 0. The number of pyridine rings is 1. The highest BCUT2D eigenvalue weighted by atomic mass is 32.2. The Hall–Kier alpha value is -3.90. The third-order valence-corrected chi connectivity index (χ3v) is 7.64. The smallest absolute Gasteiger partial charge is 0.264 e. The van der Waals surface area contributed by atoms with Crippen molar-refractivity contribution in [2.75, 3.05) is 9.62 Å². The van der Waals surface area contributed by atoms with Crippen molar-refractivity contribution in [3.8, 4) is 11.4 Å². The van der Waals surface area contributed by atoms with E-state index in [1.807, 2.05) is 0 Å². The summed E-state index contributed by atoms with van der Waals surface area (Å²) in [6.45, 7) is 1.32. The molecule has 2 aromatic carbocycles. The zero-order valence-electron chi connectivity index (χ0n) is 19.9. The van der Waals surface area contributed by atoms with Gasteiger partial charge in [-0.25, -0.2) is 22.2 Å². The first-order valence-corrected chi connectivity index (χ1v) is 12.7. The monoisotopic (exact) mass is 527 g/mol. The van der Waals surface area contributed by atoms with Crippen molar-refractivity contribution < 1.29 is 26.8 Å². The maximum atomic E-state index is 14.0. The molecule has 192 valence electrons. The van der Waals surface area contributed by atoms with Crippen LogP contribution < -0.4 is 9.62 Å². The first kappa shape index (κ1) is 24.8. The van der Waals surface area contributed by atoms with E-state index in [1.54, 1.807) is 24.3 Å². The fourth-order valence-corrected chi connectivity index (χ4v) is 5.44. The third kappa shape index (κ3) is 4.53. The van der Waals surface area contributed by atoms with E-state index < -0.39 is 29.0 Å². The average Bonchev–Trinajstić information content (AvgIpc) is 3.32. The van der Waals surface area contributed by atoms with E-state index in [0.717, 1.165) is 0 Å². The molecule has 4 aromatic rings. The molecule has 37 heavy (non-hydrogen) atoms. The van der Waals surface area contributed by atoms with Gasteiger partial charge in [0.2, 0.25) is 5.82 Å². The Balaban J connectivity index is 1.73. The highest BCUT2D eigenvalue weighted by Gasteiger charge is 2.34. The average molecular weight is 528 g/mol. The summed E-state index contributed by atoms with van der Waals surface area (Å²) in [6, 6.07) is 13.6. The number of fused-ring (bicyclic) bond motifs is 2. The number of para-hydroxylation sites is 1. The van der Waals surface area contributed by atoms with E-state index in [2.05, 4.69) is 20.4 Å². The molecule has 2 aromatic heterocycles. The Labute approximate surface area is 211 Å². The fraction of sp³-hybridized carbons (Fsp3) is 0.240. The van der Waals surface area contributed by atoms with E-state index in [-0.39, 0.29) is 34.5 Å². The lowest BCUT2D eigenvalue weighted by Gasteiger charge is -2.26. The molecule has 0 bridgehead atoms. The quantitative estimate of drug-likeness (QED) is 0.369. The molecule has 0 unspecified atom stereocenters. The molecule has 0 fully saturated rings. The highest BCUT2D eigenvalue weighted by Crippen LogP contribution is 2.44. The minimum Gasteiger partial charge on any atom is -0.381 e. The van der Waals surface area contributed by atoms with Crippen LogP contribution in [0.2, 0.25) is 0 Å². The van der Waals surface area contributed by atoms with E-state index in [4.69, 9.17) is 4.52 Å². The molecule has 2 N–H and O–H groups in total. The van der Waals surface area contributed by atoms with Crippen molar-refractivity contribution in [1.82, 2.24) is 15.1 Å². The largest absolute Gasteiger partial charge is 0.381 e. The van der Waals surface area contributed by atoms with Gasteiger partial charge in [-0.2, -0.15) is 4.98 Å². The molecule has 0 amide bonds. The second-order valence-electron chi connectivity index (χ2n) is 9.04. The lowest BCUT2D eigenvalue weighted by molar-refractivity contribution is 0.0420. The summed E-state index contributed by atoms with van der Waals surface area (Å²) < 4.78 is 60.9. The molecule has 0 atom stereocenters. The van der Waals surface area contributed by atoms with Gasteiger partial charge < -0.3 is 14.9 Å². The number of hydrogen-bond donors (Lipinski definition) is 2. The van der Waals surface area contributed by atoms with Crippen molar-refractivity contribution in [3.05, 3.63) is 77.3 Å². The van der Waals surface area contributed by atoms with Crippen LogP contribution in [-0.2, 0) is 35.5 Å². The van der Waals surface area contributed by atoms with E-state index in [1.165, 1.54) is 48.5 Å². The van der Waals surface area contributed by atoms with Gasteiger partial charge in [0.15, 0.2) is 0 Å². The van der Waals surface area contributed by atoms with Gasteiger partial charge in [-0.05, 0) is 49.7 Å². The fourth-order valence-electron chi connectivity index (χ4n) is 3.96. The molecule has 12 heteroatoms. The molecule has 3 heterocycles. The Bertz CT molecular complexity index is 1570. The molecule has 9 nitrogen and oxygen atoms in total. The predicted octanol–water partition coefficient (Wildman–Crippen LogP) is 4.75. The normalized spacial score (nSPS) is 13.5. The minimum atomic E-state index is -4.20. The number of hydrogen-bond acceptors (Lipinski definition) is 8. The van der Waals surface area contributed by atoms with Crippen LogP contribution in [0.1, 0.15) is 36.6 Å². The van der Waals surface area contributed by atoms with Gasteiger partial charge in [0, 0.05) is 11.1 Å². The minimum absolute atomic E-state index is 0.0459. The van der Waals surface area contributed by atoms with Gasteiger partial charge in [-0.1, -0.05) is 29.4 Å². The number of nitrogens with one attached hydrogen (secondary N) is 1. The molecule has 5 rings (SSSR count). The summed E-state index contributed by atoms with van der Waals surface area (Å²) in [5.74, 6) is 0.326. The number of aromatic nitrogens is 3. The second-order valence-corrected chi connectivity index (χ2v) is 10.9. The van der Waals surface area contributed by atoms with Crippen molar-refractivity contribution in [2.45, 2.75) is 44.2 Å². The molecule has 0 saturated carbocycles. The summed E-state index contributed by atoms with van der Waals surface area (Å²) in [5, 5.41) is 17.4. The number of rotatable bonds is 6. The Kier molecular flexibility index (Phi) is 6.16. The zero-order chi connectivity index (χ0) is 26.4. The van der Waals surface area contributed by atoms with Crippen molar-refractivity contribution in [3.63, 3.8) is 0 Å². The van der Waals surface area contributed by atoms with Gasteiger partial charge in [-0.15, -0.1) is 0 Å². The molecule has 1 aliphatic rings. The first-order chi connectivity index (χ1) is 17.6. The van der Waals surface area contributed by atoms with Gasteiger partial charge >= 0.3 is 0 Å². The lowest BCUT2D eigenvalue weighted by Crippen LogP contribution is -2.30. The highest BCUT2D eigenvalue weighted by molar-refractivity contribution is 7.92. The van der Waals surface area contributed by atoms with E-state index in [9.17, 15) is 22.3 Å². The zero-order valence-corrected chi connectivity index (χ0v) is 20.8. The van der Waals surface area contributed by atoms with E-state index >= 15 is 0 Å². The van der Waals surface area contributed by atoms with Crippen molar-refractivity contribution in [2.24, 2.45) is 0 Å². The Morgan fingerprint density at radius 3 is 2.46 bits per heavy atom. The predicted molar refractivity (Wildman–Crippen MR) is 132 cm³/mol. The molecule has 0 saturated heterocycles. The van der Waals surface area contributed by atoms with Crippen LogP contribution in [0.5, 0.6) is 0 Å². The number of aliphatic hydroxyl groups is 1. The Morgan fingerprint density at radius 1 is 1.05 bits per heavy atom. The van der Waals surface area contributed by atoms with Gasteiger partial charge in [0.25, 0.3) is 15.9 Å². The summed E-state index contributed by atoms with van der Waals surface area (Å²) in [5.41, 5.74) is 0.507. The van der Waals surface area contributed by atoms with Crippen LogP contribution in [0, 0.1) is 0 Å². The van der Waals surface area contributed by atoms with Gasteiger partial charge in [-0.3, -0.25) is 4.31 Å². The number of alkyl halides is 2. The molecular weight excluding hydrogens is 504 g/mol. The standard InChI is InChI=1S/C25H23F2N5O4S/c1-25(2,33)24-30-23(31-36-24)19-4-3-5-20-21(19)32(14-16-8-9-17(13-27)28-22(16)29-20)37(34,35)18-10-6-15(12-26)7-11-18/h3-11,33H,12-14H2,1-2H3,(H,28,29). The van der Waals surface area contributed by atoms with Crippen LogP contribution in [0.4, 0.5) is 26.0 Å². The topological polar surface area (TPSA) is 121 Å². The molecule has 1 aliphatic heterocycles.